The van der Waals surface area contributed by atoms with Crippen molar-refractivity contribution in [1.29, 1.82) is 0 Å². The van der Waals surface area contributed by atoms with Crippen molar-refractivity contribution in [2.45, 2.75) is 25.4 Å². The van der Waals surface area contributed by atoms with Crippen molar-refractivity contribution in [3.05, 3.63) is 35.4 Å². The molecule has 0 spiro atoms. The van der Waals surface area contributed by atoms with E-state index in [1.54, 1.807) is 12.1 Å². The fourth-order valence-corrected chi connectivity index (χ4v) is 1.33. The lowest BCUT2D eigenvalue weighted by Gasteiger charge is -2.16. The SMILES string of the molecule is CC(c1ccc(CCN)cc1)C(F)(F)F. The van der Waals surface area contributed by atoms with Crippen molar-refractivity contribution in [2.24, 2.45) is 5.73 Å². The molecule has 84 valence electrons. The van der Waals surface area contributed by atoms with E-state index >= 15 is 0 Å². The fraction of sp³-hybridized carbons (Fsp3) is 0.455. The smallest absolute Gasteiger partial charge is 0.330 e. The molecule has 15 heavy (non-hydrogen) atoms. The Hall–Kier alpha value is -1.03. The molecule has 4 heteroatoms. The van der Waals surface area contributed by atoms with Crippen molar-refractivity contribution in [3.8, 4) is 0 Å². The third-order valence-corrected chi connectivity index (χ3v) is 2.40. The molecule has 0 aromatic heterocycles. The molecule has 0 aliphatic heterocycles. The lowest BCUT2D eigenvalue weighted by molar-refractivity contribution is -0.146. The van der Waals surface area contributed by atoms with Gasteiger partial charge in [-0.3, -0.25) is 0 Å². The first kappa shape index (κ1) is 12.0. The maximum absolute atomic E-state index is 12.4. The van der Waals surface area contributed by atoms with E-state index in [1.165, 1.54) is 12.1 Å². The second-order valence-electron chi connectivity index (χ2n) is 3.54. The van der Waals surface area contributed by atoms with Crippen LogP contribution in [-0.2, 0) is 6.42 Å². The van der Waals surface area contributed by atoms with Crippen LogP contribution in [0.2, 0.25) is 0 Å². The monoisotopic (exact) mass is 217 g/mol. The van der Waals surface area contributed by atoms with Gasteiger partial charge in [-0.25, -0.2) is 0 Å². The number of halogens is 3. The minimum Gasteiger partial charge on any atom is -0.330 e. The van der Waals surface area contributed by atoms with E-state index < -0.39 is 12.1 Å². The third-order valence-electron chi connectivity index (χ3n) is 2.40. The molecule has 2 N–H and O–H groups in total. The molecule has 1 nitrogen and oxygen atoms in total. The van der Waals surface area contributed by atoms with Crippen LogP contribution in [0.15, 0.2) is 24.3 Å². The van der Waals surface area contributed by atoms with Crippen LogP contribution in [0.3, 0.4) is 0 Å². The zero-order valence-corrected chi connectivity index (χ0v) is 8.51. The van der Waals surface area contributed by atoms with Crippen LogP contribution in [0, 0.1) is 0 Å². The lowest BCUT2D eigenvalue weighted by atomic mass is 9.99. The number of hydrogen-bond acceptors (Lipinski definition) is 1. The topological polar surface area (TPSA) is 26.0 Å². The zero-order valence-electron chi connectivity index (χ0n) is 8.51. The number of hydrogen-bond donors (Lipinski definition) is 1. The fourth-order valence-electron chi connectivity index (χ4n) is 1.33. The molecule has 0 aliphatic rings. The zero-order chi connectivity index (χ0) is 11.5. The molecule has 0 saturated heterocycles. The van der Waals surface area contributed by atoms with Gasteiger partial charge >= 0.3 is 6.18 Å². The molecule has 0 amide bonds. The molecule has 0 heterocycles. The highest BCUT2D eigenvalue weighted by Crippen LogP contribution is 2.34. The first-order valence-electron chi connectivity index (χ1n) is 4.80. The van der Waals surface area contributed by atoms with Crippen LogP contribution >= 0.6 is 0 Å². The molecule has 0 aliphatic carbocycles. The van der Waals surface area contributed by atoms with Crippen molar-refractivity contribution >= 4 is 0 Å². The molecule has 0 saturated carbocycles. The van der Waals surface area contributed by atoms with Gasteiger partial charge in [0, 0.05) is 0 Å². The first-order chi connectivity index (χ1) is 6.95. The van der Waals surface area contributed by atoms with Gasteiger partial charge in [0.15, 0.2) is 0 Å². The maximum atomic E-state index is 12.4. The second-order valence-corrected chi connectivity index (χ2v) is 3.54. The maximum Gasteiger partial charge on any atom is 0.395 e. The summed E-state index contributed by atoms with van der Waals surface area (Å²) in [5.74, 6) is -1.41. The van der Waals surface area contributed by atoms with Crippen molar-refractivity contribution in [2.75, 3.05) is 6.54 Å². The molecule has 0 bridgehead atoms. The Labute approximate surface area is 87.1 Å². The summed E-state index contributed by atoms with van der Waals surface area (Å²) in [4.78, 5) is 0. The quantitative estimate of drug-likeness (QED) is 0.827. The molecule has 1 atom stereocenters. The van der Waals surface area contributed by atoms with Crippen molar-refractivity contribution < 1.29 is 13.2 Å². The predicted molar refractivity (Wildman–Crippen MR) is 53.7 cm³/mol. The normalized spacial score (nSPS) is 13.9. The Morgan fingerprint density at radius 1 is 1.20 bits per heavy atom. The van der Waals surface area contributed by atoms with Crippen LogP contribution in [0.25, 0.3) is 0 Å². The predicted octanol–water partition coefficient (Wildman–Crippen LogP) is 2.85. The highest BCUT2D eigenvalue weighted by atomic mass is 19.4. The highest BCUT2D eigenvalue weighted by molar-refractivity contribution is 5.26. The summed E-state index contributed by atoms with van der Waals surface area (Å²) < 4.78 is 37.1. The number of benzene rings is 1. The molecule has 1 aromatic rings. The van der Waals surface area contributed by atoms with E-state index in [1.807, 2.05) is 0 Å². The highest BCUT2D eigenvalue weighted by Gasteiger charge is 2.36. The van der Waals surface area contributed by atoms with Gasteiger partial charge in [0.2, 0.25) is 0 Å². The first-order valence-corrected chi connectivity index (χ1v) is 4.80. The minimum absolute atomic E-state index is 0.295. The molecule has 1 aromatic carbocycles. The largest absolute Gasteiger partial charge is 0.395 e. The second kappa shape index (κ2) is 4.66. The number of rotatable bonds is 3. The summed E-state index contributed by atoms with van der Waals surface area (Å²) in [6.45, 7) is 1.67. The Morgan fingerprint density at radius 2 is 1.73 bits per heavy atom. The van der Waals surface area contributed by atoms with Crippen molar-refractivity contribution in [3.63, 3.8) is 0 Å². The van der Waals surface area contributed by atoms with E-state index in [0.717, 1.165) is 12.5 Å². The van der Waals surface area contributed by atoms with Gasteiger partial charge in [-0.1, -0.05) is 24.3 Å². The molecular weight excluding hydrogens is 203 g/mol. The lowest BCUT2D eigenvalue weighted by Crippen LogP contribution is -2.17. The van der Waals surface area contributed by atoms with Crippen LogP contribution in [0.4, 0.5) is 13.2 Å². The molecule has 0 radical (unpaired) electrons. The average Bonchev–Trinajstić information content (AvgIpc) is 2.17. The summed E-state index contributed by atoms with van der Waals surface area (Å²) in [5, 5.41) is 0. The van der Waals surface area contributed by atoms with E-state index in [2.05, 4.69) is 0 Å². The number of alkyl halides is 3. The Kier molecular flexibility index (Phi) is 3.74. The summed E-state index contributed by atoms with van der Waals surface area (Å²) in [6.07, 6.45) is -3.48. The summed E-state index contributed by atoms with van der Waals surface area (Å²) in [5.41, 5.74) is 6.61. The van der Waals surface area contributed by atoms with E-state index in [4.69, 9.17) is 5.73 Å². The molecule has 1 rings (SSSR count). The van der Waals surface area contributed by atoms with Gasteiger partial charge in [0.1, 0.15) is 0 Å². The summed E-state index contributed by atoms with van der Waals surface area (Å²) >= 11 is 0. The molecule has 0 fully saturated rings. The molecular formula is C11H14F3N. The van der Waals surface area contributed by atoms with Gasteiger partial charge in [0.05, 0.1) is 5.92 Å². The standard InChI is InChI=1S/C11H14F3N/c1-8(11(12,13)14)10-4-2-9(3-5-10)6-7-15/h2-5,8H,6-7,15H2,1H3. The van der Waals surface area contributed by atoms with E-state index in [9.17, 15) is 13.2 Å². The van der Waals surface area contributed by atoms with Crippen LogP contribution in [-0.4, -0.2) is 12.7 Å². The van der Waals surface area contributed by atoms with Gasteiger partial charge in [-0.05, 0) is 31.0 Å². The van der Waals surface area contributed by atoms with Crippen LogP contribution in [0.1, 0.15) is 24.0 Å². The van der Waals surface area contributed by atoms with Gasteiger partial charge in [-0.15, -0.1) is 0 Å². The summed E-state index contributed by atoms with van der Waals surface area (Å²) in [6, 6.07) is 6.43. The van der Waals surface area contributed by atoms with Crippen molar-refractivity contribution in [1.82, 2.24) is 0 Å². The Bertz CT molecular complexity index is 303. The van der Waals surface area contributed by atoms with Crippen LogP contribution < -0.4 is 5.73 Å². The number of nitrogens with two attached hydrogens (primary N) is 1. The van der Waals surface area contributed by atoms with E-state index in [-0.39, 0.29) is 0 Å². The van der Waals surface area contributed by atoms with E-state index in [0.29, 0.717) is 18.5 Å². The Balaban J connectivity index is 2.80. The van der Waals surface area contributed by atoms with Gasteiger partial charge < -0.3 is 5.73 Å². The Morgan fingerprint density at radius 3 is 2.13 bits per heavy atom. The minimum atomic E-state index is -4.17. The van der Waals surface area contributed by atoms with Crippen LogP contribution in [0.5, 0.6) is 0 Å². The van der Waals surface area contributed by atoms with Gasteiger partial charge in [0.25, 0.3) is 0 Å². The van der Waals surface area contributed by atoms with Gasteiger partial charge in [-0.2, -0.15) is 13.2 Å². The molecule has 1 unspecified atom stereocenters. The summed E-state index contributed by atoms with van der Waals surface area (Å²) in [7, 11) is 0. The third kappa shape index (κ3) is 3.23. The average molecular weight is 217 g/mol.